The number of aliphatic hydroxyl groups is 1. The molecule has 8 atom stereocenters. The molecule has 0 unspecified atom stereocenters. The van der Waals surface area contributed by atoms with E-state index in [-0.39, 0.29) is 29.5 Å². The molecule has 0 aromatic carbocycles. The minimum Gasteiger partial charge on any atom is -0.480 e. The average Bonchev–Trinajstić information content (AvgIpc) is 3.11. The summed E-state index contributed by atoms with van der Waals surface area (Å²) >= 11 is 0. The van der Waals surface area contributed by atoms with Gasteiger partial charge >= 0.3 is 5.97 Å². The molecule has 1 amide bonds. The summed E-state index contributed by atoms with van der Waals surface area (Å²) in [5.74, 6) is 0.350. The first-order valence-electron chi connectivity index (χ1n) is 13.2. The topological polar surface area (TPSA) is 108 Å². The van der Waals surface area contributed by atoms with Crippen molar-refractivity contribution in [3.05, 3.63) is 11.6 Å². The summed E-state index contributed by atoms with van der Waals surface area (Å²) in [6.45, 7) is 8.17. The van der Waals surface area contributed by atoms with Crippen molar-refractivity contribution < 1.29 is 24.6 Å². The smallest absolute Gasteiger partial charge is 0.326 e. The number of aliphatic carboxylic acids is 1. The van der Waals surface area contributed by atoms with Gasteiger partial charge in [0.05, 0.1) is 11.8 Å². The van der Waals surface area contributed by atoms with Gasteiger partial charge in [0, 0.05) is 0 Å². The van der Waals surface area contributed by atoms with Crippen molar-refractivity contribution in [2.75, 3.05) is 6.61 Å². The highest BCUT2D eigenvalue weighted by molar-refractivity contribution is 5.96. The highest BCUT2D eigenvalue weighted by atomic mass is 16.6. The van der Waals surface area contributed by atoms with Crippen LogP contribution in [0.3, 0.4) is 0 Å². The van der Waals surface area contributed by atoms with Gasteiger partial charge in [-0.15, -0.1) is 0 Å². The second-order valence-corrected chi connectivity index (χ2v) is 11.8. The van der Waals surface area contributed by atoms with Crippen LogP contribution in [-0.4, -0.2) is 46.6 Å². The number of carbonyl (C=O) groups is 2. The standard InChI is InChI=1S/C27H42N2O5/c1-5-16(2)24(25(32)33)28-23(31)15-34-29-18-10-12-26(3)17(14-18)6-7-19-20-8-9-22(30)27(20,4)13-11-21(19)26/h14,16,19-22,24,30H,5-13,15H2,1-4H3,(H,28,31)(H,32,33)/b29-18-/t16-,19-,20+,21+,22-,24-,26-,27-/m0/s1. The van der Waals surface area contributed by atoms with E-state index < -0.39 is 17.9 Å². The van der Waals surface area contributed by atoms with Gasteiger partial charge in [-0.1, -0.05) is 44.8 Å². The average molecular weight is 475 g/mol. The lowest BCUT2D eigenvalue weighted by Crippen LogP contribution is -2.51. The lowest BCUT2D eigenvalue weighted by Gasteiger charge is -2.57. The lowest BCUT2D eigenvalue weighted by atomic mass is 9.47. The van der Waals surface area contributed by atoms with Crippen LogP contribution in [0.15, 0.2) is 16.8 Å². The molecule has 4 rings (SSSR count). The van der Waals surface area contributed by atoms with Crippen molar-refractivity contribution >= 4 is 17.6 Å². The van der Waals surface area contributed by atoms with Crippen molar-refractivity contribution in [3.8, 4) is 0 Å². The molecule has 7 nitrogen and oxygen atoms in total. The van der Waals surface area contributed by atoms with Gasteiger partial charge in [-0.05, 0) is 91.9 Å². The third-order valence-electron chi connectivity index (χ3n) is 10.1. The van der Waals surface area contributed by atoms with Crippen LogP contribution in [0.2, 0.25) is 0 Å². The second-order valence-electron chi connectivity index (χ2n) is 11.8. The van der Waals surface area contributed by atoms with E-state index >= 15 is 0 Å². The van der Waals surface area contributed by atoms with E-state index in [9.17, 15) is 19.8 Å². The molecule has 4 aliphatic carbocycles. The largest absolute Gasteiger partial charge is 0.480 e. The fraction of sp³-hybridized carbons (Fsp3) is 0.815. The van der Waals surface area contributed by atoms with Crippen LogP contribution < -0.4 is 5.32 Å². The fourth-order valence-electron chi connectivity index (χ4n) is 7.69. The molecule has 0 aromatic rings. The van der Waals surface area contributed by atoms with Crippen LogP contribution in [0, 0.1) is 34.5 Å². The molecule has 3 N–H and O–H groups in total. The number of carboxylic acids is 1. The molecular weight excluding hydrogens is 432 g/mol. The molecule has 7 heteroatoms. The molecule has 0 heterocycles. The number of carbonyl (C=O) groups excluding carboxylic acids is 1. The fourth-order valence-corrected chi connectivity index (χ4v) is 7.69. The first-order chi connectivity index (χ1) is 16.1. The maximum absolute atomic E-state index is 12.2. The third-order valence-corrected chi connectivity index (χ3v) is 10.1. The summed E-state index contributed by atoms with van der Waals surface area (Å²) in [5, 5.41) is 26.8. The Morgan fingerprint density at radius 2 is 1.94 bits per heavy atom. The Morgan fingerprint density at radius 1 is 1.18 bits per heavy atom. The summed E-state index contributed by atoms with van der Waals surface area (Å²) < 4.78 is 0. The van der Waals surface area contributed by atoms with Crippen LogP contribution in [-0.2, 0) is 14.4 Å². The molecule has 0 aliphatic heterocycles. The van der Waals surface area contributed by atoms with Gasteiger partial charge in [-0.25, -0.2) is 4.79 Å². The zero-order chi connectivity index (χ0) is 24.7. The number of hydrogen-bond donors (Lipinski definition) is 3. The van der Waals surface area contributed by atoms with Gasteiger partial charge in [-0.3, -0.25) is 4.79 Å². The highest BCUT2D eigenvalue weighted by Crippen LogP contribution is 2.65. The van der Waals surface area contributed by atoms with Crippen LogP contribution in [0.5, 0.6) is 0 Å². The first kappa shape index (κ1) is 25.2. The van der Waals surface area contributed by atoms with Gasteiger partial charge in [0.2, 0.25) is 0 Å². The van der Waals surface area contributed by atoms with Gasteiger partial charge in [0.1, 0.15) is 6.04 Å². The monoisotopic (exact) mass is 474 g/mol. The normalized spacial score (nSPS) is 39.8. The Bertz CT molecular complexity index is 869. The molecule has 0 radical (unpaired) electrons. The van der Waals surface area contributed by atoms with Gasteiger partial charge in [-0.2, -0.15) is 0 Å². The summed E-state index contributed by atoms with van der Waals surface area (Å²) in [6, 6.07) is -0.917. The molecule has 3 fully saturated rings. The van der Waals surface area contributed by atoms with E-state index in [1.165, 1.54) is 18.4 Å². The molecule has 0 aromatic heterocycles. The Kier molecular flexibility index (Phi) is 7.14. The SMILES string of the molecule is CC[C@H](C)[C@H](NC(=O)CO/N=C1\C=C2CC[C@H]3[C@H]4CC[C@H](O)[C@@]4(C)CC[C@H]3[C@@]2(C)CC1)C(=O)O. The molecule has 0 saturated heterocycles. The molecule has 3 saturated carbocycles. The van der Waals surface area contributed by atoms with E-state index in [2.05, 4.69) is 30.4 Å². The molecule has 0 bridgehead atoms. The van der Waals surface area contributed by atoms with Crippen molar-refractivity contribution in [3.63, 3.8) is 0 Å². The van der Waals surface area contributed by atoms with Crippen molar-refractivity contribution in [2.45, 2.75) is 97.6 Å². The number of hydrogen-bond acceptors (Lipinski definition) is 5. The van der Waals surface area contributed by atoms with Gasteiger partial charge in [0.25, 0.3) is 5.91 Å². The number of nitrogens with zero attached hydrogens (tertiary/aromatic N) is 1. The number of amides is 1. The lowest BCUT2D eigenvalue weighted by molar-refractivity contribution is -0.144. The number of nitrogens with one attached hydrogen (secondary N) is 1. The number of aliphatic hydroxyl groups excluding tert-OH is 1. The predicted octanol–water partition coefficient (Wildman–Crippen LogP) is 4.30. The zero-order valence-corrected chi connectivity index (χ0v) is 21.2. The third kappa shape index (κ3) is 4.40. The van der Waals surface area contributed by atoms with Crippen LogP contribution >= 0.6 is 0 Å². The van der Waals surface area contributed by atoms with E-state index in [1.54, 1.807) is 0 Å². The first-order valence-corrected chi connectivity index (χ1v) is 13.2. The number of fused-ring (bicyclic) bond motifs is 5. The van der Waals surface area contributed by atoms with Crippen molar-refractivity contribution in [1.82, 2.24) is 5.32 Å². The number of allylic oxidation sites excluding steroid dienone is 2. The van der Waals surface area contributed by atoms with Gasteiger partial charge < -0.3 is 20.4 Å². The summed E-state index contributed by atoms with van der Waals surface area (Å²) in [4.78, 5) is 28.9. The summed E-state index contributed by atoms with van der Waals surface area (Å²) in [5.41, 5.74) is 2.60. The number of rotatable bonds is 7. The maximum atomic E-state index is 12.2. The Hall–Kier alpha value is -1.89. The predicted molar refractivity (Wildman–Crippen MR) is 130 cm³/mol. The molecule has 190 valence electrons. The summed E-state index contributed by atoms with van der Waals surface area (Å²) in [6.07, 6.45) is 11.2. The van der Waals surface area contributed by atoms with E-state index in [1.807, 2.05) is 13.8 Å². The van der Waals surface area contributed by atoms with Crippen LogP contribution in [0.25, 0.3) is 0 Å². The van der Waals surface area contributed by atoms with E-state index in [4.69, 9.17) is 4.84 Å². The quantitative estimate of drug-likeness (QED) is 0.477. The molecule has 34 heavy (non-hydrogen) atoms. The van der Waals surface area contributed by atoms with Crippen LogP contribution in [0.1, 0.15) is 85.5 Å². The molecular formula is C27H42N2O5. The minimum absolute atomic E-state index is 0.100. The van der Waals surface area contributed by atoms with Crippen molar-refractivity contribution in [1.29, 1.82) is 0 Å². The van der Waals surface area contributed by atoms with Gasteiger partial charge in [0.15, 0.2) is 6.61 Å². The Morgan fingerprint density at radius 3 is 2.65 bits per heavy atom. The van der Waals surface area contributed by atoms with E-state index in [0.717, 1.165) is 44.2 Å². The number of oxime groups is 1. The minimum atomic E-state index is -1.03. The molecule has 0 spiro atoms. The van der Waals surface area contributed by atoms with Crippen molar-refractivity contribution in [2.24, 2.45) is 39.7 Å². The Balaban J connectivity index is 1.38. The van der Waals surface area contributed by atoms with Crippen LogP contribution in [0.4, 0.5) is 0 Å². The second kappa shape index (κ2) is 9.63. The molecule has 4 aliphatic rings. The Labute approximate surface area is 203 Å². The zero-order valence-electron chi connectivity index (χ0n) is 21.2. The number of carboxylic acid groups (broad SMARTS) is 1. The highest BCUT2D eigenvalue weighted by Gasteiger charge is 2.58. The van der Waals surface area contributed by atoms with E-state index in [0.29, 0.717) is 24.2 Å². The summed E-state index contributed by atoms with van der Waals surface area (Å²) in [7, 11) is 0. The maximum Gasteiger partial charge on any atom is 0.326 e.